The van der Waals surface area contributed by atoms with Gasteiger partial charge in [0.25, 0.3) is 0 Å². The average molecular weight is 377 g/mol. The molecule has 1 amide bonds. The Bertz CT molecular complexity index is 504. The van der Waals surface area contributed by atoms with E-state index in [1.807, 2.05) is 0 Å². The van der Waals surface area contributed by atoms with Crippen LogP contribution in [0, 0.1) is 23.2 Å². The minimum Gasteiger partial charge on any atom is -0.381 e. The SMILES string of the molecule is O=C(N(CCN1CCOCC1)C1CCOCC1)C12CC3CC(CC(C3)C1)C2. The van der Waals surface area contributed by atoms with Gasteiger partial charge in [-0.05, 0) is 69.1 Å². The molecule has 4 bridgehead atoms. The number of amides is 1. The summed E-state index contributed by atoms with van der Waals surface area (Å²) in [7, 11) is 0. The molecule has 0 aromatic carbocycles. The van der Waals surface area contributed by atoms with E-state index >= 15 is 0 Å². The van der Waals surface area contributed by atoms with E-state index in [-0.39, 0.29) is 5.41 Å². The lowest BCUT2D eigenvalue weighted by atomic mass is 9.49. The summed E-state index contributed by atoms with van der Waals surface area (Å²) in [6, 6.07) is 0.389. The molecule has 27 heavy (non-hydrogen) atoms. The predicted octanol–water partition coefficient (Wildman–Crippen LogP) is 2.54. The molecule has 2 heterocycles. The van der Waals surface area contributed by atoms with Gasteiger partial charge in [-0.3, -0.25) is 9.69 Å². The number of carbonyl (C=O) groups excluding carboxylic acids is 1. The number of ether oxygens (including phenoxy) is 2. The molecule has 6 rings (SSSR count). The van der Waals surface area contributed by atoms with Crippen LogP contribution >= 0.6 is 0 Å². The maximum atomic E-state index is 14.0. The number of nitrogens with zero attached hydrogens (tertiary/aromatic N) is 2. The topological polar surface area (TPSA) is 42.0 Å². The second kappa shape index (κ2) is 7.64. The minimum absolute atomic E-state index is 0.0158. The van der Waals surface area contributed by atoms with Crippen molar-refractivity contribution in [3.8, 4) is 0 Å². The van der Waals surface area contributed by atoms with Crippen LogP contribution in [0.3, 0.4) is 0 Å². The summed E-state index contributed by atoms with van der Waals surface area (Å²) >= 11 is 0. The maximum absolute atomic E-state index is 14.0. The molecule has 0 radical (unpaired) electrons. The van der Waals surface area contributed by atoms with E-state index in [2.05, 4.69) is 9.80 Å². The van der Waals surface area contributed by atoms with Crippen molar-refractivity contribution in [1.29, 1.82) is 0 Å². The molecule has 4 aliphatic carbocycles. The predicted molar refractivity (Wildman–Crippen MR) is 103 cm³/mol. The third kappa shape index (κ3) is 3.67. The molecule has 6 fully saturated rings. The summed E-state index contributed by atoms with van der Waals surface area (Å²) in [5, 5.41) is 0. The van der Waals surface area contributed by atoms with Gasteiger partial charge < -0.3 is 14.4 Å². The maximum Gasteiger partial charge on any atom is 0.229 e. The lowest BCUT2D eigenvalue weighted by Gasteiger charge is -2.57. The molecule has 0 aromatic rings. The first kappa shape index (κ1) is 18.4. The molecule has 152 valence electrons. The summed E-state index contributed by atoms with van der Waals surface area (Å²) in [5.41, 5.74) is -0.0158. The molecule has 0 unspecified atom stereocenters. The summed E-state index contributed by atoms with van der Waals surface area (Å²) in [5.74, 6) is 3.00. The Balaban J connectivity index is 1.32. The van der Waals surface area contributed by atoms with Crippen LogP contribution in [-0.4, -0.2) is 74.4 Å². The smallest absolute Gasteiger partial charge is 0.229 e. The van der Waals surface area contributed by atoms with E-state index in [1.54, 1.807) is 0 Å². The van der Waals surface area contributed by atoms with Gasteiger partial charge in [0.2, 0.25) is 5.91 Å². The van der Waals surface area contributed by atoms with Gasteiger partial charge in [0.05, 0.1) is 18.6 Å². The Morgan fingerprint density at radius 2 is 1.44 bits per heavy atom. The zero-order chi connectivity index (χ0) is 18.3. The third-order valence-electron chi connectivity index (χ3n) is 8.15. The van der Waals surface area contributed by atoms with Crippen LogP contribution in [0.15, 0.2) is 0 Å². The Hall–Kier alpha value is -0.650. The minimum atomic E-state index is -0.0158. The van der Waals surface area contributed by atoms with Crippen molar-refractivity contribution in [2.75, 3.05) is 52.6 Å². The lowest BCUT2D eigenvalue weighted by molar-refractivity contribution is -0.162. The van der Waals surface area contributed by atoms with Crippen LogP contribution in [0.4, 0.5) is 0 Å². The van der Waals surface area contributed by atoms with E-state index in [4.69, 9.17) is 9.47 Å². The molecule has 2 saturated heterocycles. The van der Waals surface area contributed by atoms with Crippen molar-refractivity contribution in [1.82, 2.24) is 9.80 Å². The Morgan fingerprint density at radius 1 is 0.889 bits per heavy atom. The van der Waals surface area contributed by atoms with E-state index in [9.17, 15) is 4.79 Å². The van der Waals surface area contributed by atoms with Gasteiger partial charge in [0, 0.05) is 45.4 Å². The normalized spacial score (nSPS) is 39.6. The highest BCUT2D eigenvalue weighted by Crippen LogP contribution is 2.60. The Kier molecular flexibility index (Phi) is 5.20. The van der Waals surface area contributed by atoms with Crippen molar-refractivity contribution >= 4 is 5.91 Å². The highest BCUT2D eigenvalue weighted by molar-refractivity contribution is 5.83. The standard InChI is InChI=1S/C22H36N2O3/c25-21(22-14-17-11-18(15-22)13-19(12-17)16-22)24(20-1-7-26-8-2-20)4-3-23-5-9-27-10-6-23/h17-20H,1-16H2. The van der Waals surface area contributed by atoms with E-state index < -0.39 is 0 Å². The van der Waals surface area contributed by atoms with Crippen molar-refractivity contribution < 1.29 is 14.3 Å². The monoisotopic (exact) mass is 376 g/mol. The van der Waals surface area contributed by atoms with Crippen LogP contribution in [-0.2, 0) is 14.3 Å². The second-order valence-electron chi connectivity index (χ2n) is 9.99. The lowest BCUT2D eigenvalue weighted by Crippen LogP contribution is -2.58. The zero-order valence-corrected chi connectivity index (χ0v) is 16.7. The first-order valence-corrected chi connectivity index (χ1v) is 11.4. The fraction of sp³-hybridized carbons (Fsp3) is 0.955. The van der Waals surface area contributed by atoms with Gasteiger partial charge in [0.15, 0.2) is 0 Å². The zero-order valence-electron chi connectivity index (χ0n) is 16.7. The van der Waals surface area contributed by atoms with E-state index in [0.717, 1.165) is 83.2 Å². The van der Waals surface area contributed by atoms with E-state index in [1.165, 1.54) is 38.5 Å². The Labute approximate surface area is 163 Å². The van der Waals surface area contributed by atoms with Gasteiger partial charge >= 0.3 is 0 Å². The molecule has 2 aliphatic heterocycles. The van der Waals surface area contributed by atoms with Gasteiger partial charge in [-0.1, -0.05) is 0 Å². The molecular formula is C22H36N2O3. The van der Waals surface area contributed by atoms with Gasteiger partial charge in [0.1, 0.15) is 0 Å². The van der Waals surface area contributed by atoms with Gasteiger partial charge in [-0.15, -0.1) is 0 Å². The van der Waals surface area contributed by atoms with Crippen molar-refractivity contribution in [3.05, 3.63) is 0 Å². The molecule has 0 atom stereocenters. The summed E-state index contributed by atoms with van der Waals surface area (Å²) < 4.78 is 11.1. The molecular weight excluding hydrogens is 340 g/mol. The number of hydrogen-bond donors (Lipinski definition) is 0. The first-order chi connectivity index (χ1) is 13.2. The molecule has 0 N–H and O–H groups in total. The van der Waals surface area contributed by atoms with Crippen LogP contribution in [0.5, 0.6) is 0 Å². The molecule has 0 aromatic heterocycles. The summed E-state index contributed by atoms with van der Waals surface area (Å²) in [6.07, 6.45) is 9.76. The third-order valence-corrected chi connectivity index (χ3v) is 8.15. The van der Waals surface area contributed by atoms with Crippen molar-refractivity contribution in [2.45, 2.75) is 57.4 Å². The molecule has 5 heteroatoms. The highest BCUT2D eigenvalue weighted by atomic mass is 16.5. The largest absolute Gasteiger partial charge is 0.381 e. The number of carbonyl (C=O) groups is 1. The van der Waals surface area contributed by atoms with Crippen LogP contribution in [0.1, 0.15) is 51.4 Å². The number of rotatable bonds is 5. The molecule has 5 nitrogen and oxygen atoms in total. The second-order valence-corrected chi connectivity index (χ2v) is 9.99. The molecule has 0 spiro atoms. The quantitative estimate of drug-likeness (QED) is 0.740. The molecule has 4 saturated carbocycles. The average Bonchev–Trinajstić information content (AvgIpc) is 2.69. The van der Waals surface area contributed by atoms with Crippen LogP contribution in [0.2, 0.25) is 0 Å². The summed E-state index contributed by atoms with van der Waals surface area (Å²) in [6.45, 7) is 7.20. The highest BCUT2D eigenvalue weighted by Gasteiger charge is 2.56. The van der Waals surface area contributed by atoms with Crippen LogP contribution in [0.25, 0.3) is 0 Å². The van der Waals surface area contributed by atoms with Gasteiger partial charge in [-0.2, -0.15) is 0 Å². The van der Waals surface area contributed by atoms with E-state index in [0.29, 0.717) is 11.9 Å². The fourth-order valence-electron chi connectivity index (χ4n) is 7.20. The van der Waals surface area contributed by atoms with Crippen LogP contribution < -0.4 is 0 Å². The first-order valence-electron chi connectivity index (χ1n) is 11.4. The Morgan fingerprint density at radius 3 is 2.04 bits per heavy atom. The fourth-order valence-corrected chi connectivity index (χ4v) is 7.20. The summed E-state index contributed by atoms with van der Waals surface area (Å²) in [4.78, 5) is 18.8. The number of morpholine rings is 1. The molecule has 6 aliphatic rings. The van der Waals surface area contributed by atoms with Gasteiger partial charge in [-0.25, -0.2) is 0 Å². The number of hydrogen-bond acceptors (Lipinski definition) is 4. The van der Waals surface area contributed by atoms with Crippen molar-refractivity contribution in [3.63, 3.8) is 0 Å². The van der Waals surface area contributed by atoms with Crippen molar-refractivity contribution in [2.24, 2.45) is 23.2 Å².